The van der Waals surface area contributed by atoms with E-state index in [9.17, 15) is 26.7 Å². The maximum atomic E-state index is 12.5. The summed E-state index contributed by atoms with van der Waals surface area (Å²) in [5, 5.41) is 10.1. The van der Waals surface area contributed by atoms with E-state index in [-0.39, 0.29) is 11.4 Å². The lowest BCUT2D eigenvalue weighted by molar-refractivity contribution is -0.141. The molecule has 1 aromatic heterocycles. The van der Waals surface area contributed by atoms with Gasteiger partial charge in [0.15, 0.2) is 0 Å². The van der Waals surface area contributed by atoms with Crippen molar-refractivity contribution in [1.29, 1.82) is 0 Å². The molecule has 0 amide bonds. The zero-order valence-corrected chi connectivity index (χ0v) is 12.9. The predicted octanol–water partition coefficient (Wildman–Crippen LogP) is 2.02. The molecule has 1 aliphatic heterocycles. The highest BCUT2D eigenvalue weighted by Crippen LogP contribution is 2.33. The predicted molar refractivity (Wildman–Crippen MR) is 72.5 cm³/mol. The SMILES string of the molecule is CC(C)(O)[C@H]1CCCN1S(=O)(=O)c1ccc(C(F)(F)F)nc1. The first-order chi connectivity index (χ1) is 9.94. The Balaban J connectivity index is 2.34. The zero-order chi connectivity index (χ0) is 16.8. The topological polar surface area (TPSA) is 70.5 Å². The number of pyridine rings is 1. The number of nitrogens with zero attached hydrogens (tertiary/aromatic N) is 2. The van der Waals surface area contributed by atoms with Crippen LogP contribution in [0.4, 0.5) is 13.2 Å². The van der Waals surface area contributed by atoms with E-state index in [1.165, 1.54) is 13.8 Å². The van der Waals surface area contributed by atoms with Crippen LogP contribution in [0.15, 0.2) is 23.2 Å². The molecule has 0 spiro atoms. The van der Waals surface area contributed by atoms with Crippen molar-refractivity contribution in [2.75, 3.05) is 6.54 Å². The molecule has 0 unspecified atom stereocenters. The molecule has 0 aliphatic carbocycles. The van der Waals surface area contributed by atoms with Crippen LogP contribution < -0.4 is 0 Å². The first-order valence-corrected chi connectivity index (χ1v) is 8.15. The molecule has 1 atom stereocenters. The van der Waals surface area contributed by atoms with Crippen LogP contribution in [-0.4, -0.2) is 41.0 Å². The van der Waals surface area contributed by atoms with Gasteiger partial charge in [0.2, 0.25) is 10.0 Å². The van der Waals surface area contributed by atoms with Gasteiger partial charge in [0, 0.05) is 12.7 Å². The average molecular weight is 338 g/mol. The Morgan fingerprint density at radius 3 is 2.41 bits per heavy atom. The molecule has 2 rings (SSSR count). The molecule has 1 saturated heterocycles. The number of alkyl halides is 3. The van der Waals surface area contributed by atoms with Gasteiger partial charge < -0.3 is 5.11 Å². The molecule has 0 aromatic carbocycles. The van der Waals surface area contributed by atoms with Crippen molar-refractivity contribution in [1.82, 2.24) is 9.29 Å². The van der Waals surface area contributed by atoms with Crippen LogP contribution in [0.2, 0.25) is 0 Å². The van der Waals surface area contributed by atoms with E-state index < -0.39 is 33.5 Å². The molecular weight excluding hydrogens is 321 g/mol. The van der Waals surface area contributed by atoms with Gasteiger partial charge in [-0.05, 0) is 38.8 Å². The third-order valence-corrected chi connectivity index (χ3v) is 5.54. The van der Waals surface area contributed by atoms with Crippen LogP contribution >= 0.6 is 0 Å². The molecule has 9 heteroatoms. The highest BCUT2D eigenvalue weighted by molar-refractivity contribution is 7.89. The number of aliphatic hydroxyl groups is 1. The third-order valence-electron chi connectivity index (χ3n) is 3.65. The summed E-state index contributed by atoms with van der Waals surface area (Å²) in [4.78, 5) is 2.87. The van der Waals surface area contributed by atoms with Gasteiger partial charge in [0.25, 0.3) is 0 Å². The molecule has 0 radical (unpaired) electrons. The number of rotatable bonds is 3. The average Bonchev–Trinajstić information content (AvgIpc) is 2.87. The van der Waals surface area contributed by atoms with E-state index in [1.54, 1.807) is 0 Å². The van der Waals surface area contributed by atoms with E-state index in [1.807, 2.05) is 0 Å². The highest BCUT2D eigenvalue weighted by atomic mass is 32.2. The first kappa shape index (κ1) is 17.2. The highest BCUT2D eigenvalue weighted by Gasteiger charge is 2.43. The molecule has 0 bridgehead atoms. The van der Waals surface area contributed by atoms with Gasteiger partial charge in [-0.3, -0.25) is 4.98 Å². The lowest BCUT2D eigenvalue weighted by atomic mass is 9.98. The van der Waals surface area contributed by atoms with Crippen LogP contribution in [0.3, 0.4) is 0 Å². The number of sulfonamides is 1. The Bertz CT molecular complexity index is 636. The summed E-state index contributed by atoms with van der Waals surface area (Å²) in [6.07, 6.45) is -2.83. The Labute approximate surface area is 126 Å². The molecule has 1 fully saturated rings. The third kappa shape index (κ3) is 3.26. The van der Waals surface area contributed by atoms with Crippen molar-refractivity contribution in [3.63, 3.8) is 0 Å². The van der Waals surface area contributed by atoms with Crippen LogP contribution in [0.25, 0.3) is 0 Å². The van der Waals surface area contributed by atoms with Crippen molar-refractivity contribution in [3.05, 3.63) is 24.0 Å². The monoisotopic (exact) mass is 338 g/mol. The van der Waals surface area contributed by atoms with Crippen LogP contribution in [-0.2, 0) is 16.2 Å². The molecule has 1 N–H and O–H groups in total. The normalized spacial score (nSPS) is 21.3. The van der Waals surface area contributed by atoms with E-state index in [0.717, 1.165) is 10.4 Å². The first-order valence-electron chi connectivity index (χ1n) is 6.71. The quantitative estimate of drug-likeness (QED) is 0.915. The van der Waals surface area contributed by atoms with Gasteiger partial charge in [0.05, 0.1) is 11.6 Å². The minimum atomic E-state index is -4.62. The Morgan fingerprint density at radius 2 is 1.95 bits per heavy atom. The van der Waals surface area contributed by atoms with Crippen molar-refractivity contribution in [2.45, 2.75) is 49.4 Å². The minimum absolute atomic E-state index is 0.220. The van der Waals surface area contributed by atoms with Crippen molar-refractivity contribution >= 4 is 10.0 Å². The standard InChI is InChI=1S/C13H17F3N2O3S/c1-12(2,19)11-4-3-7-18(11)22(20,21)9-5-6-10(17-8-9)13(14,15)16/h5-6,8,11,19H,3-4,7H2,1-2H3/t11-/m1/s1. The fraction of sp³-hybridized carbons (Fsp3) is 0.615. The summed E-state index contributed by atoms with van der Waals surface area (Å²) in [5.41, 5.74) is -2.38. The fourth-order valence-corrected chi connectivity index (χ4v) is 4.33. The molecule has 22 heavy (non-hydrogen) atoms. The summed E-state index contributed by atoms with van der Waals surface area (Å²) in [7, 11) is -3.99. The molecule has 1 aliphatic rings. The lowest BCUT2D eigenvalue weighted by Gasteiger charge is -2.32. The summed E-state index contributed by atoms with van der Waals surface area (Å²) in [6.45, 7) is 3.24. The maximum absolute atomic E-state index is 12.5. The van der Waals surface area contributed by atoms with Gasteiger partial charge in [0.1, 0.15) is 10.6 Å². The number of halogens is 3. The second-order valence-corrected chi connectivity index (χ2v) is 7.69. The molecule has 124 valence electrons. The second kappa shape index (κ2) is 5.47. The number of hydrogen-bond acceptors (Lipinski definition) is 4. The van der Waals surface area contributed by atoms with Crippen LogP contribution in [0.5, 0.6) is 0 Å². The van der Waals surface area contributed by atoms with Gasteiger partial charge in [-0.1, -0.05) is 0 Å². The second-order valence-electron chi connectivity index (χ2n) is 5.80. The Morgan fingerprint density at radius 1 is 1.32 bits per heavy atom. The molecule has 1 aromatic rings. The molecule has 5 nitrogen and oxygen atoms in total. The van der Waals surface area contributed by atoms with Crippen molar-refractivity contribution in [2.24, 2.45) is 0 Å². The van der Waals surface area contributed by atoms with Crippen LogP contribution in [0, 0.1) is 0 Å². The van der Waals surface area contributed by atoms with E-state index in [4.69, 9.17) is 0 Å². The maximum Gasteiger partial charge on any atom is 0.433 e. The Kier molecular flexibility index (Phi) is 4.27. The summed E-state index contributed by atoms with van der Waals surface area (Å²) in [6, 6.07) is 0.923. The van der Waals surface area contributed by atoms with Gasteiger partial charge in [-0.25, -0.2) is 8.42 Å². The van der Waals surface area contributed by atoms with E-state index >= 15 is 0 Å². The molecule has 0 saturated carbocycles. The van der Waals surface area contributed by atoms with Crippen LogP contribution in [0.1, 0.15) is 32.4 Å². The summed E-state index contributed by atoms with van der Waals surface area (Å²) >= 11 is 0. The smallest absolute Gasteiger partial charge is 0.389 e. The number of aromatic nitrogens is 1. The lowest BCUT2D eigenvalue weighted by Crippen LogP contribution is -2.48. The van der Waals surface area contributed by atoms with E-state index in [2.05, 4.69) is 4.98 Å². The fourth-order valence-electron chi connectivity index (χ4n) is 2.57. The Hall–Kier alpha value is -1.19. The van der Waals surface area contributed by atoms with Gasteiger partial charge in [-0.2, -0.15) is 17.5 Å². The van der Waals surface area contributed by atoms with E-state index in [0.29, 0.717) is 25.1 Å². The van der Waals surface area contributed by atoms with Gasteiger partial charge in [-0.15, -0.1) is 0 Å². The summed E-state index contributed by atoms with van der Waals surface area (Å²) < 4.78 is 63.7. The largest absolute Gasteiger partial charge is 0.433 e. The summed E-state index contributed by atoms with van der Waals surface area (Å²) in [5.74, 6) is 0. The van der Waals surface area contributed by atoms with Gasteiger partial charge >= 0.3 is 6.18 Å². The minimum Gasteiger partial charge on any atom is -0.389 e. The van der Waals surface area contributed by atoms with Crippen molar-refractivity contribution in [3.8, 4) is 0 Å². The number of hydrogen-bond donors (Lipinski definition) is 1. The molecular formula is C13H17F3N2O3S. The zero-order valence-electron chi connectivity index (χ0n) is 12.1. The van der Waals surface area contributed by atoms with Crippen molar-refractivity contribution < 1.29 is 26.7 Å². The molecule has 2 heterocycles.